The first kappa shape index (κ1) is 11.4. The number of carbonyl (C=O) groups is 1. The van der Waals surface area contributed by atoms with Crippen LogP contribution in [0.2, 0.25) is 0 Å². The Hall–Kier alpha value is -0.710. The van der Waals surface area contributed by atoms with Gasteiger partial charge in [0.25, 0.3) is 5.92 Å². The molecule has 0 radical (unpaired) electrons. The van der Waals surface area contributed by atoms with Gasteiger partial charge in [0.15, 0.2) is 0 Å². The van der Waals surface area contributed by atoms with Crippen LogP contribution in [0.3, 0.4) is 0 Å². The minimum atomic E-state index is -3.20. The third-order valence-corrected chi connectivity index (χ3v) is 4.79. The van der Waals surface area contributed by atoms with Crippen molar-refractivity contribution in [3.8, 4) is 0 Å². The standard InChI is InChI=1S/C12H17F2NO2/c13-12(14,5-16)4-15-11(17)10-8-6-1-2-7(3-6)9(8)10/h6-10,16H,1-5H2,(H,15,17). The maximum Gasteiger partial charge on any atom is 0.287 e. The van der Waals surface area contributed by atoms with Crippen LogP contribution in [0.1, 0.15) is 19.3 Å². The zero-order chi connectivity index (χ0) is 12.2. The predicted octanol–water partition coefficient (Wildman–Crippen LogP) is 1.02. The average Bonchev–Trinajstić information content (AvgIpc) is 2.75. The van der Waals surface area contributed by atoms with Crippen molar-refractivity contribution in [1.82, 2.24) is 5.32 Å². The molecule has 96 valence electrons. The second kappa shape index (κ2) is 3.64. The summed E-state index contributed by atoms with van der Waals surface area (Å²) >= 11 is 0. The van der Waals surface area contributed by atoms with Crippen molar-refractivity contribution in [2.24, 2.45) is 29.6 Å². The predicted molar refractivity (Wildman–Crippen MR) is 56.3 cm³/mol. The van der Waals surface area contributed by atoms with E-state index in [4.69, 9.17) is 5.11 Å². The number of carbonyl (C=O) groups excluding carboxylic acids is 1. The summed E-state index contributed by atoms with van der Waals surface area (Å²) in [7, 11) is 0. The van der Waals surface area contributed by atoms with Crippen molar-refractivity contribution in [2.45, 2.75) is 25.2 Å². The summed E-state index contributed by atoms with van der Waals surface area (Å²) in [5, 5.41) is 10.7. The lowest BCUT2D eigenvalue weighted by molar-refractivity contribution is -0.126. The van der Waals surface area contributed by atoms with Crippen LogP contribution in [0.25, 0.3) is 0 Å². The van der Waals surface area contributed by atoms with Crippen LogP contribution in [-0.2, 0) is 4.79 Å². The summed E-state index contributed by atoms with van der Waals surface area (Å²) in [5.41, 5.74) is 0. The fourth-order valence-electron chi connectivity index (χ4n) is 4.07. The van der Waals surface area contributed by atoms with Crippen LogP contribution in [-0.4, -0.2) is 30.1 Å². The summed E-state index contributed by atoms with van der Waals surface area (Å²) in [4.78, 5) is 11.8. The third kappa shape index (κ3) is 1.75. The van der Waals surface area contributed by atoms with Gasteiger partial charge in [0.1, 0.15) is 6.61 Å². The first-order valence-electron chi connectivity index (χ1n) is 6.30. The number of aliphatic hydroxyl groups is 1. The number of nitrogens with one attached hydrogen (secondary N) is 1. The van der Waals surface area contributed by atoms with E-state index in [1.807, 2.05) is 0 Å². The maximum atomic E-state index is 12.8. The van der Waals surface area contributed by atoms with Crippen LogP contribution < -0.4 is 5.32 Å². The molecule has 0 heterocycles. The minimum absolute atomic E-state index is 0.0178. The molecular weight excluding hydrogens is 228 g/mol. The van der Waals surface area contributed by atoms with Crippen LogP contribution in [0.5, 0.6) is 0 Å². The smallest absolute Gasteiger partial charge is 0.287 e. The fraction of sp³-hybridized carbons (Fsp3) is 0.917. The molecule has 1 amide bonds. The number of rotatable bonds is 4. The second-order valence-corrected chi connectivity index (χ2v) is 5.75. The molecule has 4 atom stereocenters. The van der Waals surface area contributed by atoms with E-state index in [0.717, 1.165) is 0 Å². The van der Waals surface area contributed by atoms with Crippen LogP contribution in [0, 0.1) is 29.6 Å². The lowest BCUT2D eigenvalue weighted by atomic mass is 10.0. The monoisotopic (exact) mass is 245 g/mol. The Labute approximate surface area is 98.6 Å². The van der Waals surface area contributed by atoms with E-state index >= 15 is 0 Å². The highest BCUT2D eigenvalue weighted by molar-refractivity contribution is 5.82. The van der Waals surface area contributed by atoms with Gasteiger partial charge in [-0.05, 0) is 42.9 Å². The van der Waals surface area contributed by atoms with Gasteiger partial charge in [-0.2, -0.15) is 0 Å². The molecule has 3 saturated carbocycles. The molecule has 2 bridgehead atoms. The van der Waals surface area contributed by atoms with Crippen LogP contribution in [0.4, 0.5) is 8.78 Å². The molecule has 0 aliphatic heterocycles. The number of alkyl halides is 2. The highest BCUT2D eigenvalue weighted by Gasteiger charge is 2.67. The molecule has 3 aliphatic carbocycles. The number of aliphatic hydroxyl groups excluding tert-OH is 1. The van der Waals surface area contributed by atoms with Crippen molar-refractivity contribution >= 4 is 5.91 Å². The summed E-state index contributed by atoms with van der Waals surface area (Å²) in [6, 6.07) is 0. The molecule has 3 rings (SSSR count). The van der Waals surface area contributed by atoms with Gasteiger partial charge in [-0.25, -0.2) is 8.78 Å². The van der Waals surface area contributed by atoms with Crippen molar-refractivity contribution in [3.05, 3.63) is 0 Å². The van der Waals surface area contributed by atoms with Gasteiger partial charge >= 0.3 is 0 Å². The van der Waals surface area contributed by atoms with Crippen molar-refractivity contribution in [3.63, 3.8) is 0 Å². The first-order valence-corrected chi connectivity index (χ1v) is 6.30. The Kier molecular flexibility index (Phi) is 2.44. The number of halogens is 2. The van der Waals surface area contributed by atoms with Crippen LogP contribution in [0.15, 0.2) is 0 Å². The van der Waals surface area contributed by atoms with Gasteiger partial charge in [-0.3, -0.25) is 4.79 Å². The van der Waals surface area contributed by atoms with E-state index < -0.39 is 19.1 Å². The Morgan fingerprint density at radius 2 is 1.88 bits per heavy atom. The fourth-order valence-corrected chi connectivity index (χ4v) is 4.07. The SMILES string of the molecule is O=C(NCC(F)(F)CO)C1C2C3CCC(C3)C12. The molecule has 3 aliphatic rings. The third-order valence-electron chi connectivity index (χ3n) is 4.79. The van der Waals surface area contributed by atoms with Gasteiger partial charge in [0, 0.05) is 5.92 Å². The van der Waals surface area contributed by atoms with Gasteiger partial charge in [0.05, 0.1) is 6.54 Å². The Morgan fingerprint density at radius 1 is 1.29 bits per heavy atom. The van der Waals surface area contributed by atoms with E-state index in [9.17, 15) is 13.6 Å². The van der Waals surface area contributed by atoms with Gasteiger partial charge < -0.3 is 10.4 Å². The Balaban J connectivity index is 1.53. The second-order valence-electron chi connectivity index (χ2n) is 5.75. The molecule has 3 nitrogen and oxygen atoms in total. The largest absolute Gasteiger partial charge is 0.390 e. The number of hydrogen-bond acceptors (Lipinski definition) is 2. The van der Waals surface area contributed by atoms with E-state index in [1.54, 1.807) is 0 Å². The minimum Gasteiger partial charge on any atom is -0.390 e. The molecule has 0 spiro atoms. The van der Waals surface area contributed by atoms with Crippen molar-refractivity contribution < 1.29 is 18.7 Å². The van der Waals surface area contributed by atoms with Crippen molar-refractivity contribution in [1.29, 1.82) is 0 Å². The van der Waals surface area contributed by atoms with Crippen LogP contribution >= 0.6 is 0 Å². The number of amides is 1. The zero-order valence-corrected chi connectivity index (χ0v) is 9.53. The van der Waals surface area contributed by atoms with E-state index in [-0.39, 0.29) is 11.8 Å². The topological polar surface area (TPSA) is 49.3 Å². The molecule has 0 aromatic heterocycles. The highest BCUT2D eigenvalue weighted by Crippen LogP contribution is 2.69. The summed E-state index contributed by atoms with van der Waals surface area (Å²) in [6.07, 6.45) is 3.66. The van der Waals surface area contributed by atoms with Gasteiger partial charge in [-0.15, -0.1) is 0 Å². The molecule has 17 heavy (non-hydrogen) atoms. The van der Waals surface area contributed by atoms with E-state index in [1.165, 1.54) is 19.3 Å². The lowest BCUT2D eigenvalue weighted by Crippen LogP contribution is -2.40. The maximum absolute atomic E-state index is 12.8. The van der Waals surface area contributed by atoms with Crippen molar-refractivity contribution in [2.75, 3.05) is 13.2 Å². The summed E-state index contributed by atoms with van der Waals surface area (Å²) in [6.45, 7) is -1.95. The lowest BCUT2D eigenvalue weighted by Gasteiger charge is -2.15. The average molecular weight is 245 g/mol. The summed E-state index contributed by atoms with van der Waals surface area (Å²) in [5.74, 6) is -1.18. The summed E-state index contributed by atoms with van der Waals surface area (Å²) < 4.78 is 25.6. The number of hydrogen-bond donors (Lipinski definition) is 2. The molecule has 0 saturated heterocycles. The van der Waals surface area contributed by atoms with E-state index in [2.05, 4.69) is 5.32 Å². The quantitative estimate of drug-likeness (QED) is 0.777. The molecule has 0 aromatic rings. The van der Waals surface area contributed by atoms with Gasteiger partial charge in [-0.1, -0.05) is 0 Å². The molecule has 3 fully saturated rings. The Morgan fingerprint density at radius 3 is 2.41 bits per heavy atom. The number of fused-ring (bicyclic) bond motifs is 5. The molecular formula is C12H17F2NO2. The van der Waals surface area contributed by atoms with E-state index in [0.29, 0.717) is 23.7 Å². The molecule has 2 N–H and O–H groups in total. The highest BCUT2D eigenvalue weighted by atomic mass is 19.3. The molecule has 5 heteroatoms. The first-order chi connectivity index (χ1) is 8.03. The van der Waals surface area contributed by atoms with Gasteiger partial charge in [0.2, 0.25) is 5.91 Å². The normalized spacial score (nSPS) is 42.4. The Bertz CT molecular complexity index is 331. The zero-order valence-electron chi connectivity index (χ0n) is 9.53. The molecule has 0 aromatic carbocycles. The molecule has 4 unspecified atom stereocenters.